The minimum atomic E-state index is -0.131. The zero-order valence-electron chi connectivity index (χ0n) is 8.18. The Balaban J connectivity index is 2.96. The second-order valence-corrected chi connectivity index (χ2v) is 4.35. The van der Waals surface area contributed by atoms with E-state index in [0.29, 0.717) is 5.56 Å². The van der Waals surface area contributed by atoms with E-state index in [1.54, 1.807) is 31.4 Å². The molecule has 0 saturated carbocycles. The normalized spacial score (nSPS) is 11.2. The van der Waals surface area contributed by atoms with Crippen LogP contribution in [0.4, 0.5) is 0 Å². The number of aliphatic imine (C=N–C) groups is 1. The van der Waals surface area contributed by atoms with Crippen LogP contribution in [0.5, 0.6) is 5.75 Å². The first-order chi connectivity index (χ1) is 7.54. The molecule has 1 aromatic carbocycles. The molecule has 16 heavy (non-hydrogen) atoms. The fraction of sp³-hybridized carbons (Fsp3) is 0.100. The summed E-state index contributed by atoms with van der Waals surface area (Å²) in [6, 6.07) is 7.01. The maximum Gasteiger partial charge on any atom is 0.160 e. The van der Waals surface area contributed by atoms with Crippen LogP contribution in [0.3, 0.4) is 0 Å². The SMILES string of the molecule is COc1ccc(C(Cl)=NC(Cl)=C(Cl)Cl)cc1. The van der Waals surface area contributed by atoms with E-state index in [0.717, 1.165) is 5.75 Å². The fourth-order valence-corrected chi connectivity index (χ4v) is 1.34. The molecule has 0 aliphatic rings. The predicted molar refractivity (Wildman–Crippen MR) is 70.0 cm³/mol. The Morgan fingerprint density at radius 1 is 1.06 bits per heavy atom. The zero-order valence-corrected chi connectivity index (χ0v) is 11.2. The molecule has 0 N–H and O–H groups in total. The third-order valence-electron chi connectivity index (χ3n) is 1.68. The number of rotatable bonds is 3. The molecule has 2 nitrogen and oxygen atoms in total. The average molecular weight is 299 g/mol. The minimum absolute atomic E-state index is 0.0517. The van der Waals surface area contributed by atoms with Gasteiger partial charge >= 0.3 is 0 Å². The second kappa shape index (κ2) is 6.36. The predicted octanol–water partition coefficient (Wildman–Crippen LogP) is 4.52. The summed E-state index contributed by atoms with van der Waals surface area (Å²) in [7, 11) is 1.58. The highest BCUT2D eigenvalue weighted by Gasteiger charge is 2.03. The maximum atomic E-state index is 5.91. The summed E-state index contributed by atoms with van der Waals surface area (Å²) in [6.45, 7) is 0. The number of ether oxygens (including phenoxy) is 1. The Kier molecular flexibility index (Phi) is 5.42. The Morgan fingerprint density at radius 3 is 2.06 bits per heavy atom. The van der Waals surface area contributed by atoms with E-state index in [4.69, 9.17) is 51.1 Å². The van der Waals surface area contributed by atoms with Crippen molar-refractivity contribution < 1.29 is 4.74 Å². The molecule has 0 fully saturated rings. The number of hydrogen-bond acceptors (Lipinski definition) is 2. The van der Waals surface area contributed by atoms with Crippen LogP contribution in [0.1, 0.15) is 5.56 Å². The van der Waals surface area contributed by atoms with Gasteiger partial charge in [0.15, 0.2) is 5.16 Å². The van der Waals surface area contributed by atoms with Crippen molar-refractivity contribution in [1.29, 1.82) is 0 Å². The molecular weight excluding hydrogens is 292 g/mol. The third kappa shape index (κ3) is 3.87. The van der Waals surface area contributed by atoms with Crippen molar-refractivity contribution in [3.05, 3.63) is 39.5 Å². The van der Waals surface area contributed by atoms with Crippen molar-refractivity contribution in [1.82, 2.24) is 0 Å². The lowest BCUT2D eigenvalue weighted by atomic mass is 10.2. The molecule has 0 bridgehead atoms. The molecule has 0 aromatic heterocycles. The van der Waals surface area contributed by atoms with Gasteiger partial charge in [-0.2, -0.15) is 0 Å². The van der Waals surface area contributed by atoms with E-state index in [1.807, 2.05) is 0 Å². The van der Waals surface area contributed by atoms with Crippen molar-refractivity contribution in [3.8, 4) is 5.75 Å². The Bertz CT molecular complexity index is 421. The van der Waals surface area contributed by atoms with E-state index >= 15 is 0 Å². The topological polar surface area (TPSA) is 21.6 Å². The lowest BCUT2D eigenvalue weighted by molar-refractivity contribution is 0.415. The summed E-state index contributed by atoms with van der Waals surface area (Å²) in [5, 5.41) is 0.149. The molecule has 0 spiro atoms. The van der Waals surface area contributed by atoms with Crippen LogP contribution >= 0.6 is 46.4 Å². The van der Waals surface area contributed by atoms with Crippen LogP contribution in [0, 0.1) is 0 Å². The molecule has 86 valence electrons. The zero-order chi connectivity index (χ0) is 12.1. The van der Waals surface area contributed by atoms with Crippen LogP contribution in [-0.4, -0.2) is 12.3 Å². The van der Waals surface area contributed by atoms with Gasteiger partial charge in [0.05, 0.1) is 7.11 Å². The van der Waals surface area contributed by atoms with Gasteiger partial charge in [-0.15, -0.1) is 0 Å². The highest BCUT2D eigenvalue weighted by molar-refractivity contribution is 6.70. The minimum Gasteiger partial charge on any atom is -0.497 e. The Hall–Kier alpha value is -0.410. The summed E-state index contributed by atoms with van der Waals surface area (Å²) < 4.78 is 4.88. The molecule has 0 radical (unpaired) electrons. The van der Waals surface area contributed by atoms with Gasteiger partial charge in [0.2, 0.25) is 0 Å². The van der Waals surface area contributed by atoms with Crippen molar-refractivity contribution in [2.75, 3.05) is 7.11 Å². The molecule has 0 atom stereocenters. The molecule has 1 rings (SSSR count). The van der Waals surface area contributed by atoms with Crippen LogP contribution < -0.4 is 4.74 Å². The van der Waals surface area contributed by atoms with E-state index in [-0.39, 0.29) is 14.8 Å². The van der Waals surface area contributed by atoms with Gasteiger partial charge in [-0.1, -0.05) is 46.4 Å². The van der Waals surface area contributed by atoms with Gasteiger partial charge in [-0.3, -0.25) is 0 Å². The van der Waals surface area contributed by atoms with Gasteiger partial charge in [0.25, 0.3) is 0 Å². The summed E-state index contributed by atoms with van der Waals surface area (Å²) in [5.74, 6) is 0.727. The van der Waals surface area contributed by atoms with Crippen molar-refractivity contribution in [2.24, 2.45) is 4.99 Å². The summed E-state index contributed by atoms with van der Waals surface area (Å²) >= 11 is 22.4. The largest absolute Gasteiger partial charge is 0.497 e. The van der Waals surface area contributed by atoms with Gasteiger partial charge in [-0.05, 0) is 24.3 Å². The first-order valence-corrected chi connectivity index (χ1v) is 5.65. The van der Waals surface area contributed by atoms with Gasteiger partial charge in [0, 0.05) is 5.56 Å². The molecule has 6 heteroatoms. The van der Waals surface area contributed by atoms with Crippen molar-refractivity contribution in [3.63, 3.8) is 0 Å². The molecule has 0 aliphatic heterocycles. The Morgan fingerprint density at radius 2 is 1.62 bits per heavy atom. The van der Waals surface area contributed by atoms with Crippen LogP contribution in [-0.2, 0) is 0 Å². The fourth-order valence-electron chi connectivity index (χ4n) is 0.922. The third-order valence-corrected chi connectivity index (χ3v) is 2.81. The first-order valence-electron chi connectivity index (χ1n) is 4.14. The molecule has 0 amide bonds. The lowest BCUT2D eigenvalue weighted by Crippen LogP contribution is -1.91. The van der Waals surface area contributed by atoms with Crippen molar-refractivity contribution >= 4 is 51.6 Å². The average Bonchev–Trinajstić information content (AvgIpc) is 2.28. The standard InChI is InChI=1S/C10H7Cl4NO/c1-16-7-4-2-6(3-5-7)9(13)15-10(14)8(11)12/h2-5H,1H3. The lowest BCUT2D eigenvalue weighted by Gasteiger charge is -2.01. The number of methoxy groups -OCH3 is 1. The summed E-state index contributed by atoms with van der Waals surface area (Å²) in [4.78, 5) is 3.82. The highest BCUT2D eigenvalue weighted by atomic mass is 35.5. The molecule has 0 heterocycles. The van der Waals surface area contributed by atoms with Crippen LogP contribution in [0.15, 0.2) is 38.9 Å². The smallest absolute Gasteiger partial charge is 0.160 e. The number of benzene rings is 1. The monoisotopic (exact) mass is 297 g/mol. The number of hydrogen-bond donors (Lipinski definition) is 0. The van der Waals surface area contributed by atoms with Crippen LogP contribution in [0.2, 0.25) is 0 Å². The Labute approximate surface area is 113 Å². The molecule has 0 aliphatic carbocycles. The molecule has 1 aromatic rings. The maximum absolute atomic E-state index is 5.91. The van der Waals surface area contributed by atoms with E-state index in [9.17, 15) is 0 Å². The number of halogens is 4. The molecule has 0 saturated heterocycles. The molecule has 0 unspecified atom stereocenters. The van der Waals surface area contributed by atoms with E-state index in [1.165, 1.54) is 0 Å². The van der Waals surface area contributed by atoms with E-state index in [2.05, 4.69) is 4.99 Å². The van der Waals surface area contributed by atoms with Crippen LogP contribution in [0.25, 0.3) is 0 Å². The highest BCUT2D eigenvalue weighted by Crippen LogP contribution is 2.21. The molecular formula is C10H7Cl4NO. The quantitative estimate of drug-likeness (QED) is 0.594. The van der Waals surface area contributed by atoms with E-state index < -0.39 is 0 Å². The van der Waals surface area contributed by atoms with Gasteiger partial charge in [0.1, 0.15) is 15.4 Å². The second-order valence-electron chi connectivity index (χ2n) is 2.68. The van der Waals surface area contributed by atoms with Gasteiger partial charge in [-0.25, -0.2) is 4.99 Å². The first kappa shape index (κ1) is 13.7. The van der Waals surface area contributed by atoms with Crippen molar-refractivity contribution in [2.45, 2.75) is 0 Å². The summed E-state index contributed by atoms with van der Waals surface area (Å²) in [5.41, 5.74) is 0.690. The number of nitrogens with zero attached hydrogens (tertiary/aromatic N) is 1. The summed E-state index contributed by atoms with van der Waals surface area (Å²) in [6.07, 6.45) is 0. The van der Waals surface area contributed by atoms with Gasteiger partial charge < -0.3 is 4.74 Å².